The number of anilines is 1. The number of nitrogens with one attached hydrogen (secondary N) is 1. The maximum Gasteiger partial charge on any atom is 0.229 e. The van der Waals surface area contributed by atoms with E-state index in [-0.39, 0.29) is 18.4 Å². The third-order valence-corrected chi connectivity index (χ3v) is 5.56. The van der Waals surface area contributed by atoms with Crippen molar-refractivity contribution in [3.05, 3.63) is 62.4 Å². The molecule has 0 fully saturated rings. The second-order valence-corrected chi connectivity index (χ2v) is 8.07. The van der Waals surface area contributed by atoms with Crippen LogP contribution in [-0.2, 0) is 11.4 Å². The topological polar surface area (TPSA) is 78.3 Å². The lowest BCUT2D eigenvalue weighted by atomic mass is 10.0. The number of halogens is 2. The number of nitrogens with zero attached hydrogens (tertiary/aromatic N) is 3. The van der Waals surface area contributed by atoms with E-state index >= 15 is 0 Å². The van der Waals surface area contributed by atoms with Gasteiger partial charge in [0, 0.05) is 5.02 Å². The number of hydrogen-bond donors (Lipinski definition) is 1. The number of fused-ring (bicyclic) bond motifs is 1. The van der Waals surface area contributed by atoms with Gasteiger partial charge >= 0.3 is 0 Å². The van der Waals surface area contributed by atoms with Gasteiger partial charge in [-0.25, -0.2) is 4.68 Å². The average molecular weight is 525 g/mol. The highest BCUT2D eigenvalue weighted by Gasteiger charge is 2.29. The van der Waals surface area contributed by atoms with E-state index in [2.05, 4.69) is 38.0 Å². The van der Waals surface area contributed by atoms with E-state index in [0.29, 0.717) is 35.7 Å². The predicted molar refractivity (Wildman–Crippen MR) is 118 cm³/mol. The number of hydrogen-bond acceptors (Lipinski definition) is 5. The van der Waals surface area contributed by atoms with Crippen LogP contribution in [0.1, 0.15) is 30.5 Å². The van der Waals surface area contributed by atoms with Crippen molar-refractivity contribution < 1.29 is 14.3 Å². The first-order chi connectivity index (χ1) is 14.0. The van der Waals surface area contributed by atoms with Crippen molar-refractivity contribution in [3.63, 3.8) is 0 Å². The van der Waals surface area contributed by atoms with Crippen molar-refractivity contribution in [2.75, 3.05) is 11.9 Å². The van der Waals surface area contributed by atoms with Crippen molar-refractivity contribution in [2.45, 2.75) is 26.0 Å². The van der Waals surface area contributed by atoms with Crippen LogP contribution in [0, 0.1) is 3.57 Å². The Balaban J connectivity index is 1.65. The number of aromatic nitrogens is 3. The van der Waals surface area contributed by atoms with E-state index in [4.69, 9.17) is 21.1 Å². The predicted octanol–water partition coefficient (Wildman–Crippen LogP) is 4.45. The third-order valence-electron chi connectivity index (χ3n) is 4.51. The quantitative estimate of drug-likeness (QED) is 0.482. The van der Waals surface area contributed by atoms with Gasteiger partial charge in [0.1, 0.15) is 12.9 Å². The summed E-state index contributed by atoms with van der Waals surface area (Å²) in [5.41, 5.74) is 1.92. The van der Waals surface area contributed by atoms with Crippen LogP contribution < -0.4 is 14.8 Å². The summed E-state index contributed by atoms with van der Waals surface area (Å²) >= 11 is 8.17. The molecular weight excluding hydrogens is 507 g/mol. The Morgan fingerprint density at radius 3 is 2.83 bits per heavy atom. The number of rotatable bonds is 6. The summed E-state index contributed by atoms with van der Waals surface area (Å²) in [7, 11) is 0. The highest BCUT2D eigenvalue weighted by Crippen LogP contribution is 2.39. The summed E-state index contributed by atoms with van der Waals surface area (Å²) in [4.78, 5) is 16.2. The Morgan fingerprint density at radius 2 is 2.07 bits per heavy atom. The Morgan fingerprint density at radius 1 is 1.28 bits per heavy atom. The van der Waals surface area contributed by atoms with E-state index in [1.165, 1.54) is 6.33 Å². The summed E-state index contributed by atoms with van der Waals surface area (Å²) in [5, 5.41) is 7.68. The molecule has 1 aliphatic heterocycles. The number of amides is 1. The fourth-order valence-electron chi connectivity index (χ4n) is 3.18. The Kier molecular flexibility index (Phi) is 5.91. The number of carbonyl (C=O) groups is 1. The average Bonchev–Trinajstić information content (AvgIpc) is 3.16. The summed E-state index contributed by atoms with van der Waals surface area (Å²) in [6, 6.07) is 11.2. The van der Waals surface area contributed by atoms with Gasteiger partial charge in [0.25, 0.3) is 0 Å². The van der Waals surface area contributed by atoms with Crippen LogP contribution in [0.2, 0.25) is 5.02 Å². The molecule has 1 atom stereocenters. The molecule has 0 saturated heterocycles. The Hall–Kier alpha value is -2.33. The minimum Gasteiger partial charge on any atom is -0.490 e. The van der Waals surface area contributed by atoms with Crippen LogP contribution in [0.5, 0.6) is 11.5 Å². The number of benzene rings is 2. The van der Waals surface area contributed by atoms with Crippen LogP contribution in [0.4, 0.5) is 5.95 Å². The van der Waals surface area contributed by atoms with Crippen molar-refractivity contribution in [3.8, 4) is 11.5 Å². The molecule has 2 aromatic carbocycles. The van der Waals surface area contributed by atoms with Crippen LogP contribution in [0.25, 0.3) is 0 Å². The van der Waals surface area contributed by atoms with Gasteiger partial charge in [0.15, 0.2) is 11.5 Å². The molecule has 150 valence electrons. The molecule has 0 aliphatic carbocycles. The summed E-state index contributed by atoms with van der Waals surface area (Å²) in [5.74, 6) is 1.66. The van der Waals surface area contributed by atoms with Crippen LogP contribution in [0.15, 0.2) is 42.7 Å². The lowest BCUT2D eigenvalue weighted by Crippen LogP contribution is -2.29. The fraction of sp³-hybridized carbons (Fsp3) is 0.250. The van der Waals surface area contributed by atoms with Crippen LogP contribution in [-0.4, -0.2) is 27.3 Å². The monoisotopic (exact) mass is 524 g/mol. The fourth-order valence-corrected chi connectivity index (χ4v) is 4.09. The van der Waals surface area contributed by atoms with E-state index in [9.17, 15) is 4.79 Å². The summed E-state index contributed by atoms with van der Waals surface area (Å²) in [6.45, 7) is 2.81. The van der Waals surface area contributed by atoms with Gasteiger partial charge in [-0.1, -0.05) is 23.7 Å². The highest BCUT2D eigenvalue weighted by molar-refractivity contribution is 14.1. The van der Waals surface area contributed by atoms with E-state index in [1.54, 1.807) is 4.68 Å². The largest absolute Gasteiger partial charge is 0.490 e. The second-order valence-electron chi connectivity index (χ2n) is 6.47. The molecular formula is C20H18ClIN4O3. The van der Waals surface area contributed by atoms with Gasteiger partial charge in [-0.15, -0.1) is 0 Å². The molecule has 7 nitrogen and oxygen atoms in total. The van der Waals surface area contributed by atoms with E-state index < -0.39 is 0 Å². The minimum absolute atomic E-state index is 0.0912. The normalized spacial score (nSPS) is 15.6. The minimum atomic E-state index is -0.251. The van der Waals surface area contributed by atoms with E-state index in [1.807, 2.05) is 43.3 Å². The molecule has 29 heavy (non-hydrogen) atoms. The first kappa shape index (κ1) is 20.0. The lowest BCUT2D eigenvalue weighted by Gasteiger charge is -2.25. The summed E-state index contributed by atoms with van der Waals surface area (Å²) < 4.78 is 14.5. The molecule has 0 saturated carbocycles. The zero-order valence-electron chi connectivity index (χ0n) is 15.6. The van der Waals surface area contributed by atoms with Gasteiger partial charge in [-0.05, 0) is 64.9 Å². The highest BCUT2D eigenvalue weighted by atomic mass is 127. The smallest absolute Gasteiger partial charge is 0.229 e. The molecule has 1 aromatic heterocycles. The van der Waals surface area contributed by atoms with Crippen LogP contribution >= 0.6 is 34.2 Å². The molecule has 1 amide bonds. The lowest BCUT2D eigenvalue weighted by molar-refractivity contribution is -0.117. The number of ether oxygens (including phenoxy) is 2. The Bertz CT molecular complexity index is 1040. The molecule has 0 bridgehead atoms. The molecule has 4 rings (SSSR count). The van der Waals surface area contributed by atoms with Gasteiger partial charge in [0.2, 0.25) is 11.9 Å². The molecule has 0 radical (unpaired) electrons. The molecule has 2 heterocycles. The van der Waals surface area contributed by atoms with Crippen LogP contribution in [0.3, 0.4) is 0 Å². The second kappa shape index (κ2) is 8.58. The maximum absolute atomic E-state index is 12.1. The first-order valence-corrected chi connectivity index (χ1v) is 10.5. The van der Waals surface area contributed by atoms with Crippen molar-refractivity contribution in [1.29, 1.82) is 0 Å². The van der Waals surface area contributed by atoms with Gasteiger partial charge in [-0.3, -0.25) is 10.1 Å². The molecule has 0 spiro atoms. The van der Waals surface area contributed by atoms with Crippen molar-refractivity contribution in [2.24, 2.45) is 0 Å². The standard InChI is InChI=1S/C20H18ClIN4O3/c1-2-28-17-8-13(16-9-18(27)25-20-23-11-24-26(16)20)7-15(22)19(17)29-10-12-3-5-14(21)6-4-12/h3-8,11,16H,2,9-10H2,1H3,(H,23,24,25,27)/t16-/m0/s1. The zero-order valence-corrected chi connectivity index (χ0v) is 18.5. The first-order valence-electron chi connectivity index (χ1n) is 9.08. The molecule has 0 unspecified atom stereocenters. The number of carbonyl (C=O) groups excluding carboxylic acids is 1. The van der Waals surface area contributed by atoms with Crippen molar-refractivity contribution >= 4 is 46.0 Å². The molecule has 1 aliphatic rings. The SMILES string of the molecule is CCOc1cc([C@@H]2CC(=O)Nc3ncnn32)cc(I)c1OCc1ccc(Cl)cc1. The molecule has 9 heteroatoms. The third kappa shape index (κ3) is 4.32. The van der Waals surface area contributed by atoms with Gasteiger partial charge in [-0.2, -0.15) is 10.1 Å². The van der Waals surface area contributed by atoms with Gasteiger partial charge < -0.3 is 9.47 Å². The Labute approximate surface area is 186 Å². The maximum atomic E-state index is 12.1. The van der Waals surface area contributed by atoms with E-state index in [0.717, 1.165) is 14.7 Å². The van der Waals surface area contributed by atoms with Gasteiger partial charge in [0.05, 0.1) is 22.6 Å². The molecule has 1 N–H and O–H groups in total. The summed E-state index contributed by atoms with van der Waals surface area (Å²) in [6.07, 6.45) is 1.72. The molecule has 3 aromatic rings. The van der Waals surface area contributed by atoms with Crippen molar-refractivity contribution in [1.82, 2.24) is 14.8 Å². The zero-order chi connectivity index (χ0) is 20.4.